The van der Waals surface area contributed by atoms with E-state index in [1.165, 1.54) is 6.07 Å². The first-order valence-electron chi connectivity index (χ1n) is 8.86. The first-order chi connectivity index (χ1) is 12.0. The van der Waals surface area contributed by atoms with Crippen molar-refractivity contribution in [2.75, 3.05) is 18.0 Å². The molecule has 9 heteroatoms. The Morgan fingerprint density at radius 2 is 1.89 bits per heavy atom. The lowest BCUT2D eigenvalue weighted by Crippen LogP contribution is -2.57. The zero-order valence-electron chi connectivity index (χ0n) is 15.0. The van der Waals surface area contributed by atoms with Crippen LogP contribution in [0.5, 0.6) is 5.75 Å². The largest absolute Gasteiger partial charge is 0.433 e. The molecule has 1 aliphatic heterocycles. The van der Waals surface area contributed by atoms with Crippen LogP contribution in [0.2, 0.25) is 0 Å². The Kier molecular flexibility index (Phi) is 9.05. The number of anilines is 1. The Balaban J connectivity index is 0.00000182. The monoisotopic (exact) mass is 425 g/mol. The summed E-state index contributed by atoms with van der Waals surface area (Å²) in [5.74, 6) is 0.0724. The summed E-state index contributed by atoms with van der Waals surface area (Å²) in [6, 6.07) is 6.71. The molecular formula is C18H27Cl2F2N3O2. The minimum absolute atomic E-state index is 0. The molecule has 0 radical (unpaired) electrons. The van der Waals surface area contributed by atoms with Gasteiger partial charge >= 0.3 is 6.61 Å². The summed E-state index contributed by atoms with van der Waals surface area (Å²) in [5, 5.41) is 3.05. The molecule has 1 unspecified atom stereocenters. The molecular weight excluding hydrogens is 399 g/mol. The lowest BCUT2D eigenvalue weighted by Gasteiger charge is -2.33. The van der Waals surface area contributed by atoms with Crippen LogP contribution in [0.3, 0.4) is 0 Å². The van der Waals surface area contributed by atoms with Crippen molar-refractivity contribution in [3.05, 3.63) is 24.3 Å². The number of nitrogens with one attached hydrogen (secondary N) is 1. The SMILES string of the molecule is Cl.Cl.NC1(C(=O)NC2CCN(c3ccccc3OC(F)F)C2)CCCCC1. The van der Waals surface area contributed by atoms with E-state index in [0.29, 0.717) is 18.8 Å². The summed E-state index contributed by atoms with van der Waals surface area (Å²) in [7, 11) is 0. The van der Waals surface area contributed by atoms with Crippen molar-refractivity contribution in [1.82, 2.24) is 5.32 Å². The number of alkyl halides is 2. The molecule has 3 rings (SSSR count). The lowest BCUT2D eigenvalue weighted by atomic mass is 9.82. The summed E-state index contributed by atoms with van der Waals surface area (Å²) >= 11 is 0. The molecule has 1 aliphatic carbocycles. The van der Waals surface area contributed by atoms with Crippen LogP contribution in [0.4, 0.5) is 14.5 Å². The molecule has 0 aromatic heterocycles. The Labute approximate surface area is 170 Å². The number of halogens is 4. The number of amides is 1. The minimum atomic E-state index is -2.86. The average molecular weight is 426 g/mol. The molecule has 2 aliphatic rings. The van der Waals surface area contributed by atoms with Crippen molar-refractivity contribution >= 4 is 36.4 Å². The number of carbonyl (C=O) groups excluding carboxylic acids is 1. The van der Waals surface area contributed by atoms with Gasteiger partial charge in [-0.15, -0.1) is 24.8 Å². The normalized spacial score (nSPS) is 21.2. The Hall–Kier alpha value is -1.31. The highest BCUT2D eigenvalue weighted by atomic mass is 35.5. The molecule has 5 nitrogen and oxygen atoms in total. The summed E-state index contributed by atoms with van der Waals surface area (Å²) < 4.78 is 29.7. The van der Waals surface area contributed by atoms with E-state index in [9.17, 15) is 13.6 Å². The van der Waals surface area contributed by atoms with E-state index in [0.717, 1.165) is 38.5 Å². The number of nitrogens with zero attached hydrogens (tertiary/aromatic N) is 1. The second kappa shape index (κ2) is 10.3. The second-order valence-electron chi connectivity index (χ2n) is 6.97. The number of hydrogen-bond donors (Lipinski definition) is 2. The third-order valence-electron chi connectivity index (χ3n) is 5.14. The highest BCUT2D eigenvalue weighted by Gasteiger charge is 2.37. The lowest BCUT2D eigenvalue weighted by molar-refractivity contribution is -0.128. The first-order valence-corrected chi connectivity index (χ1v) is 8.86. The summed E-state index contributed by atoms with van der Waals surface area (Å²) in [6.45, 7) is -1.62. The van der Waals surface area contributed by atoms with Crippen LogP contribution in [0.15, 0.2) is 24.3 Å². The fraction of sp³-hybridized carbons (Fsp3) is 0.611. The standard InChI is InChI=1S/C18H25F2N3O2.2ClH/c19-17(20)25-15-7-3-2-6-14(15)23-11-8-13(12-23)22-16(24)18(21)9-4-1-5-10-18;;/h2-3,6-7,13,17H,1,4-5,8-12,21H2,(H,22,24);2*1H. The van der Waals surface area contributed by atoms with E-state index < -0.39 is 12.2 Å². The molecule has 0 bridgehead atoms. The van der Waals surface area contributed by atoms with Crippen LogP contribution in [0.1, 0.15) is 38.5 Å². The molecule has 1 aromatic rings. The smallest absolute Gasteiger partial charge is 0.387 e. The van der Waals surface area contributed by atoms with Gasteiger partial charge in [0.1, 0.15) is 5.75 Å². The van der Waals surface area contributed by atoms with Crippen molar-refractivity contribution in [2.24, 2.45) is 5.73 Å². The molecule has 1 saturated heterocycles. The minimum Gasteiger partial charge on any atom is -0.433 e. The maximum absolute atomic E-state index is 12.6. The molecule has 0 spiro atoms. The van der Waals surface area contributed by atoms with Crippen LogP contribution in [0, 0.1) is 0 Å². The van der Waals surface area contributed by atoms with Gasteiger partial charge in [0.05, 0.1) is 11.2 Å². The fourth-order valence-electron chi connectivity index (χ4n) is 3.75. The molecule has 1 aromatic carbocycles. The van der Waals surface area contributed by atoms with E-state index in [4.69, 9.17) is 5.73 Å². The second-order valence-corrected chi connectivity index (χ2v) is 6.97. The average Bonchev–Trinajstić information content (AvgIpc) is 3.04. The topological polar surface area (TPSA) is 67.6 Å². The number of nitrogens with two attached hydrogens (primary N) is 1. The van der Waals surface area contributed by atoms with Crippen LogP contribution in [-0.4, -0.2) is 37.2 Å². The highest BCUT2D eigenvalue weighted by molar-refractivity contribution is 5.86. The molecule has 1 heterocycles. The quantitative estimate of drug-likeness (QED) is 0.757. The van der Waals surface area contributed by atoms with E-state index >= 15 is 0 Å². The molecule has 3 N–H and O–H groups in total. The van der Waals surface area contributed by atoms with Crippen molar-refractivity contribution in [2.45, 2.75) is 56.7 Å². The fourth-order valence-corrected chi connectivity index (χ4v) is 3.75. The van der Waals surface area contributed by atoms with Gasteiger partial charge in [0, 0.05) is 19.1 Å². The number of benzene rings is 1. The van der Waals surface area contributed by atoms with Gasteiger partial charge in [-0.1, -0.05) is 31.4 Å². The Morgan fingerprint density at radius 3 is 2.56 bits per heavy atom. The van der Waals surface area contributed by atoms with Crippen molar-refractivity contribution in [3.63, 3.8) is 0 Å². The number of rotatable bonds is 5. The van der Waals surface area contributed by atoms with Gasteiger partial charge in [-0.25, -0.2) is 0 Å². The molecule has 154 valence electrons. The maximum atomic E-state index is 12.6. The van der Waals surface area contributed by atoms with Crippen LogP contribution in [-0.2, 0) is 4.79 Å². The van der Waals surface area contributed by atoms with E-state index in [1.807, 2.05) is 4.90 Å². The van der Waals surface area contributed by atoms with Gasteiger partial charge in [0.25, 0.3) is 0 Å². The summed E-state index contributed by atoms with van der Waals surface area (Å²) in [6.07, 6.45) is 5.30. The molecule has 1 amide bonds. The van der Waals surface area contributed by atoms with Crippen molar-refractivity contribution in [1.29, 1.82) is 0 Å². The molecule has 1 atom stereocenters. The zero-order chi connectivity index (χ0) is 17.9. The summed E-state index contributed by atoms with van der Waals surface area (Å²) in [4.78, 5) is 14.5. The van der Waals surface area contributed by atoms with Gasteiger partial charge in [-0.2, -0.15) is 8.78 Å². The van der Waals surface area contributed by atoms with Gasteiger partial charge in [-0.05, 0) is 31.4 Å². The van der Waals surface area contributed by atoms with E-state index in [2.05, 4.69) is 10.1 Å². The van der Waals surface area contributed by atoms with Crippen molar-refractivity contribution in [3.8, 4) is 5.75 Å². The van der Waals surface area contributed by atoms with Gasteiger partial charge in [0.2, 0.25) is 5.91 Å². The van der Waals surface area contributed by atoms with Crippen molar-refractivity contribution < 1.29 is 18.3 Å². The van der Waals surface area contributed by atoms with E-state index in [-0.39, 0.29) is 42.5 Å². The first kappa shape index (κ1) is 23.7. The predicted molar refractivity (Wildman–Crippen MR) is 106 cm³/mol. The van der Waals surface area contributed by atoms with Gasteiger partial charge in [-0.3, -0.25) is 4.79 Å². The number of carbonyl (C=O) groups is 1. The third kappa shape index (κ3) is 5.83. The third-order valence-corrected chi connectivity index (χ3v) is 5.14. The maximum Gasteiger partial charge on any atom is 0.387 e. The van der Waals surface area contributed by atoms with Crippen LogP contribution >= 0.6 is 24.8 Å². The molecule has 2 fully saturated rings. The Bertz CT molecular complexity index is 616. The highest BCUT2D eigenvalue weighted by Crippen LogP contribution is 2.32. The van der Waals surface area contributed by atoms with Crippen LogP contribution in [0.25, 0.3) is 0 Å². The van der Waals surface area contributed by atoms with Crippen LogP contribution < -0.4 is 20.7 Å². The summed E-state index contributed by atoms with van der Waals surface area (Å²) in [5.41, 5.74) is 6.14. The van der Waals surface area contributed by atoms with Gasteiger partial charge < -0.3 is 20.7 Å². The Morgan fingerprint density at radius 1 is 1.22 bits per heavy atom. The number of hydrogen-bond acceptors (Lipinski definition) is 4. The molecule has 1 saturated carbocycles. The van der Waals surface area contributed by atoms with Gasteiger partial charge in [0.15, 0.2) is 0 Å². The van der Waals surface area contributed by atoms with E-state index in [1.54, 1.807) is 18.2 Å². The predicted octanol–water partition coefficient (Wildman–Crippen LogP) is 3.49. The molecule has 27 heavy (non-hydrogen) atoms. The number of para-hydroxylation sites is 2. The number of ether oxygens (including phenoxy) is 1. The zero-order valence-corrected chi connectivity index (χ0v) is 16.7.